The number of hydrogen-bond acceptors (Lipinski definition) is 4. The lowest BCUT2D eigenvalue weighted by Gasteiger charge is -2.12. The van der Waals surface area contributed by atoms with Crippen LogP contribution in [0.3, 0.4) is 0 Å². The van der Waals surface area contributed by atoms with Crippen LogP contribution in [0.2, 0.25) is 5.02 Å². The molecule has 0 spiro atoms. The van der Waals surface area contributed by atoms with Crippen molar-refractivity contribution in [3.63, 3.8) is 0 Å². The molecule has 0 unspecified atom stereocenters. The Morgan fingerprint density at radius 1 is 1.00 bits per heavy atom. The van der Waals surface area contributed by atoms with Crippen LogP contribution in [0.4, 0.5) is 31.9 Å². The number of benzene rings is 2. The second-order valence-electron chi connectivity index (χ2n) is 5.58. The number of nitrogens with zero attached hydrogens (tertiary/aromatic N) is 2. The summed E-state index contributed by atoms with van der Waals surface area (Å²) in [6.45, 7) is 3.89. The fraction of sp³-hybridized carbons (Fsp3) is 0.111. The Morgan fingerprint density at radius 2 is 1.80 bits per heavy atom. The Kier molecular flexibility index (Phi) is 4.81. The minimum atomic E-state index is -0.703. The van der Waals surface area contributed by atoms with Gasteiger partial charge < -0.3 is 10.6 Å². The molecule has 2 N–H and O–H groups in total. The van der Waals surface area contributed by atoms with E-state index in [2.05, 4.69) is 20.6 Å². The molecule has 0 radical (unpaired) electrons. The van der Waals surface area contributed by atoms with E-state index in [9.17, 15) is 8.78 Å². The van der Waals surface area contributed by atoms with Gasteiger partial charge in [0.15, 0.2) is 0 Å². The minimum Gasteiger partial charge on any atom is -0.338 e. The van der Waals surface area contributed by atoms with Crippen LogP contribution in [0.5, 0.6) is 0 Å². The number of nitrogens with one attached hydrogen (secondary N) is 2. The lowest BCUT2D eigenvalue weighted by atomic mass is 10.1. The molecule has 0 aliphatic carbocycles. The Balaban J connectivity index is 1.85. The van der Waals surface area contributed by atoms with Gasteiger partial charge in [-0.05, 0) is 49.2 Å². The van der Waals surface area contributed by atoms with Crippen LogP contribution in [0, 0.1) is 25.5 Å². The van der Waals surface area contributed by atoms with Gasteiger partial charge in [-0.15, -0.1) is 0 Å². The topological polar surface area (TPSA) is 49.8 Å². The Labute approximate surface area is 148 Å². The van der Waals surface area contributed by atoms with Crippen LogP contribution < -0.4 is 10.6 Å². The molecule has 4 nitrogen and oxygen atoms in total. The van der Waals surface area contributed by atoms with Gasteiger partial charge in [0, 0.05) is 12.3 Å². The van der Waals surface area contributed by atoms with Gasteiger partial charge in [0.05, 0.1) is 16.4 Å². The molecule has 0 aliphatic heterocycles. The standard InChI is InChI=1S/C18H15ClF2N4/c1-10-7-11(2)17(13(19)8-10)25-18-22-6-5-16(24-18)23-15-4-3-12(20)9-14(15)21/h3-9H,1-2H3,(H2,22,23,24,25). The van der Waals surface area contributed by atoms with Crippen molar-refractivity contribution in [1.82, 2.24) is 9.97 Å². The van der Waals surface area contributed by atoms with Crippen molar-refractivity contribution in [1.29, 1.82) is 0 Å². The zero-order chi connectivity index (χ0) is 18.0. The smallest absolute Gasteiger partial charge is 0.229 e. The average Bonchev–Trinajstić information content (AvgIpc) is 2.54. The van der Waals surface area contributed by atoms with Crippen LogP contribution in [-0.4, -0.2) is 9.97 Å². The average molecular weight is 361 g/mol. The number of halogens is 3. The summed E-state index contributed by atoms with van der Waals surface area (Å²) in [5, 5.41) is 6.43. The van der Waals surface area contributed by atoms with Gasteiger partial charge in [0.1, 0.15) is 17.5 Å². The van der Waals surface area contributed by atoms with Crippen LogP contribution >= 0.6 is 11.6 Å². The summed E-state index contributed by atoms with van der Waals surface area (Å²) in [6.07, 6.45) is 1.52. The molecule has 0 aliphatic rings. The van der Waals surface area contributed by atoms with Crippen molar-refractivity contribution in [2.24, 2.45) is 0 Å². The number of aromatic nitrogens is 2. The van der Waals surface area contributed by atoms with Gasteiger partial charge in [0.25, 0.3) is 0 Å². The predicted molar refractivity (Wildman–Crippen MR) is 95.9 cm³/mol. The van der Waals surface area contributed by atoms with E-state index in [4.69, 9.17) is 11.6 Å². The van der Waals surface area contributed by atoms with E-state index in [0.717, 1.165) is 17.2 Å². The molecule has 1 heterocycles. The Hall–Kier alpha value is -2.73. The molecule has 3 rings (SSSR count). The van der Waals surface area contributed by atoms with Crippen molar-refractivity contribution < 1.29 is 8.78 Å². The maximum absolute atomic E-state index is 13.7. The first kappa shape index (κ1) is 17.1. The first-order valence-electron chi connectivity index (χ1n) is 7.51. The molecule has 7 heteroatoms. The SMILES string of the molecule is Cc1cc(C)c(Nc2nccc(Nc3ccc(F)cc3F)n2)c(Cl)c1. The van der Waals surface area contributed by atoms with Crippen LogP contribution in [0.25, 0.3) is 0 Å². The lowest BCUT2D eigenvalue weighted by molar-refractivity contribution is 0.586. The molecule has 0 atom stereocenters. The van der Waals surface area contributed by atoms with E-state index in [0.29, 0.717) is 22.5 Å². The normalized spacial score (nSPS) is 10.6. The molecular weight excluding hydrogens is 346 g/mol. The second kappa shape index (κ2) is 7.03. The zero-order valence-electron chi connectivity index (χ0n) is 13.6. The van der Waals surface area contributed by atoms with Gasteiger partial charge >= 0.3 is 0 Å². The van der Waals surface area contributed by atoms with Crippen LogP contribution in [0.1, 0.15) is 11.1 Å². The third kappa shape index (κ3) is 4.03. The van der Waals surface area contributed by atoms with E-state index in [1.807, 2.05) is 26.0 Å². The number of hydrogen-bond donors (Lipinski definition) is 2. The third-order valence-corrected chi connectivity index (χ3v) is 3.82. The van der Waals surface area contributed by atoms with Crippen LogP contribution in [0.15, 0.2) is 42.6 Å². The van der Waals surface area contributed by atoms with E-state index in [1.54, 1.807) is 6.07 Å². The van der Waals surface area contributed by atoms with Gasteiger partial charge in [-0.25, -0.2) is 13.8 Å². The monoisotopic (exact) mass is 360 g/mol. The highest BCUT2D eigenvalue weighted by atomic mass is 35.5. The molecule has 128 valence electrons. The van der Waals surface area contributed by atoms with Crippen molar-refractivity contribution >= 4 is 34.7 Å². The Bertz CT molecular complexity index is 908. The van der Waals surface area contributed by atoms with E-state index < -0.39 is 11.6 Å². The molecule has 3 aromatic rings. The molecule has 0 fully saturated rings. The highest BCUT2D eigenvalue weighted by Gasteiger charge is 2.09. The summed E-state index contributed by atoms with van der Waals surface area (Å²) in [5.41, 5.74) is 2.83. The van der Waals surface area contributed by atoms with Crippen molar-refractivity contribution in [3.8, 4) is 0 Å². The predicted octanol–water partition coefficient (Wildman–Crippen LogP) is 5.51. The minimum absolute atomic E-state index is 0.121. The summed E-state index contributed by atoms with van der Waals surface area (Å²) in [4.78, 5) is 8.42. The molecule has 0 amide bonds. The summed E-state index contributed by atoms with van der Waals surface area (Å²) in [6, 6.07) is 8.69. The van der Waals surface area contributed by atoms with E-state index in [-0.39, 0.29) is 5.69 Å². The van der Waals surface area contributed by atoms with E-state index >= 15 is 0 Å². The molecular formula is C18H15ClF2N4. The number of anilines is 4. The summed E-state index contributed by atoms with van der Waals surface area (Å²) in [5.74, 6) is -0.673. The number of rotatable bonds is 4. The number of aryl methyl sites for hydroxylation is 2. The molecule has 25 heavy (non-hydrogen) atoms. The highest BCUT2D eigenvalue weighted by Crippen LogP contribution is 2.29. The summed E-state index contributed by atoms with van der Waals surface area (Å²) < 4.78 is 26.7. The maximum atomic E-state index is 13.7. The Morgan fingerprint density at radius 3 is 2.52 bits per heavy atom. The largest absolute Gasteiger partial charge is 0.338 e. The first-order valence-corrected chi connectivity index (χ1v) is 7.89. The van der Waals surface area contributed by atoms with Crippen LogP contribution in [-0.2, 0) is 0 Å². The van der Waals surface area contributed by atoms with Gasteiger partial charge in [-0.2, -0.15) is 4.98 Å². The zero-order valence-corrected chi connectivity index (χ0v) is 14.3. The van der Waals surface area contributed by atoms with Crippen molar-refractivity contribution in [2.45, 2.75) is 13.8 Å². The van der Waals surface area contributed by atoms with Crippen molar-refractivity contribution in [2.75, 3.05) is 10.6 Å². The van der Waals surface area contributed by atoms with Gasteiger partial charge in [-0.3, -0.25) is 0 Å². The maximum Gasteiger partial charge on any atom is 0.229 e. The third-order valence-electron chi connectivity index (χ3n) is 3.52. The molecule has 0 bridgehead atoms. The quantitative estimate of drug-likeness (QED) is 0.644. The fourth-order valence-electron chi connectivity index (χ4n) is 2.40. The molecule has 0 saturated carbocycles. The molecule has 1 aromatic heterocycles. The second-order valence-corrected chi connectivity index (χ2v) is 5.99. The van der Waals surface area contributed by atoms with Gasteiger partial charge in [0.2, 0.25) is 5.95 Å². The van der Waals surface area contributed by atoms with E-state index in [1.165, 1.54) is 18.3 Å². The molecule has 0 saturated heterocycles. The first-order chi connectivity index (χ1) is 11.9. The summed E-state index contributed by atoms with van der Waals surface area (Å²) in [7, 11) is 0. The highest BCUT2D eigenvalue weighted by molar-refractivity contribution is 6.33. The molecule has 2 aromatic carbocycles. The van der Waals surface area contributed by atoms with Crippen molar-refractivity contribution in [3.05, 3.63) is 70.4 Å². The lowest BCUT2D eigenvalue weighted by Crippen LogP contribution is -2.03. The van der Waals surface area contributed by atoms with Gasteiger partial charge in [-0.1, -0.05) is 17.7 Å². The fourth-order valence-corrected chi connectivity index (χ4v) is 2.77. The summed E-state index contributed by atoms with van der Waals surface area (Å²) >= 11 is 6.27.